The van der Waals surface area contributed by atoms with E-state index in [0.717, 1.165) is 19.3 Å². The molecule has 0 aromatic heterocycles. The molecule has 2 fully saturated rings. The number of alkyl halides is 3. The minimum atomic E-state index is -4.15. The second kappa shape index (κ2) is 6.31. The van der Waals surface area contributed by atoms with Gasteiger partial charge in [-0.05, 0) is 37.5 Å². The minimum absolute atomic E-state index is 0. The van der Waals surface area contributed by atoms with Crippen molar-refractivity contribution in [2.45, 2.75) is 44.3 Å². The standard InChI is InChI=1S/C12H19F3N2O.ClH/c13-12(14,15)4-1-5-17-11(18)9-7-2-3-8(6-7)10(9)16;/h7-10H,1-6,16H2,(H,17,18);1H. The van der Waals surface area contributed by atoms with Gasteiger partial charge in [-0.15, -0.1) is 12.4 Å². The number of fused-ring (bicyclic) bond motifs is 2. The predicted octanol–water partition coefficient (Wildman–Crippen LogP) is 2.24. The van der Waals surface area contributed by atoms with Gasteiger partial charge in [-0.25, -0.2) is 0 Å². The average molecular weight is 301 g/mol. The van der Waals surface area contributed by atoms with E-state index in [-0.39, 0.29) is 43.2 Å². The van der Waals surface area contributed by atoms with E-state index in [9.17, 15) is 18.0 Å². The number of nitrogens with two attached hydrogens (primary N) is 1. The lowest BCUT2D eigenvalue weighted by Crippen LogP contribution is -2.45. The normalized spacial score (nSPS) is 33.1. The highest BCUT2D eigenvalue weighted by molar-refractivity contribution is 5.85. The van der Waals surface area contributed by atoms with Gasteiger partial charge >= 0.3 is 6.18 Å². The molecule has 0 aromatic carbocycles. The molecule has 0 aliphatic heterocycles. The second-order valence-corrected chi connectivity index (χ2v) is 5.45. The number of carbonyl (C=O) groups is 1. The summed E-state index contributed by atoms with van der Waals surface area (Å²) >= 11 is 0. The number of amides is 1. The molecule has 2 rings (SSSR count). The first-order valence-corrected chi connectivity index (χ1v) is 6.48. The van der Waals surface area contributed by atoms with Crippen molar-refractivity contribution in [2.24, 2.45) is 23.5 Å². The summed E-state index contributed by atoms with van der Waals surface area (Å²) in [6.45, 7) is 0.0823. The quantitative estimate of drug-likeness (QED) is 0.782. The molecule has 0 heterocycles. The van der Waals surface area contributed by atoms with Gasteiger partial charge in [0.15, 0.2) is 0 Å². The summed E-state index contributed by atoms with van der Waals surface area (Å²) in [5, 5.41) is 2.59. The van der Waals surface area contributed by atoms with Gasteiger partial charge < -0.3 is 11.1 Å². The molecule has 3 nitrogen and oxygen atoms in total. The van der Waals surface area contributed by atoms with Crippen LogP contribution in [0.1, 0.15) is 32.1 Å². The van der Waals surface area contributed by atoms with E-state index in [1.165, 1.54) is 0 Å². The van der Waals surface area contributed by atoms with Gasteiger partial charge in [-0.1, -0.05) is 0 Å². The lowest BCUT2D eigenvalue weighted by molar-refractivity contribution is -0.137. The predicted molar refractivity (Wildman–Crippen MR) is 67.8 cm³/mol. The third kappa shape index (κ3) is 3.99. The lowest BCUT2D eigenvalue weighted by Gasteiger charge is -2.27. The molecular formula is C12H20ClF3N2O. The number of hydrogen-bond acceptors (Lipinski definition) is 2. The minimum Gasteiger partial charge on any atom is -0.356 e. The molecule has 0 radical (unpaired) electrons. The van der Waals surface area contributed by atoms with E-state index in [1.54, 1.807) is 0 Å². The van der Waals surface area contributed by atoms with Crippen LogP contribution in [0.3, 0.4) is 0 Å². The molecule has 2 bridgehead atoms. The Morgan fingerprint density at radius 2 is 1.89 bits per heavy atom. The van der Waals surface area contributed by atoms with Crippen molar-refractivity contribution in [1.29, 1.82) is 0 Å². The Morgan fingerprint density at radius 1 is 1.26 bits per heavy atom. The molecule has 112 valence electrons. The summed E-state index contributed by atoms with van der Waals surface area (Å²) in [4.78, 5) is 11.9. The summed E-state index contributed by atoms with van der Waals surface area (Å²) in [7, 11) is 0. The van der Waals surface area contributed by atoms with Crippen molar-refractivity contribution in [2.75, 3.05) is 6.54 Å². The first-order chi connectivity index (χ1) is 8.38. The summed E-state index contributed by atoms with van der Waals surface area (Å²) in [5.41, 5.74) is 6.00. The maximum Gasteiger partial charge on any atom is 0.389 e. The zero-order valence-electron chi connectivity index (χ0n) is 10.6. The summed E-state index contributed by atoms with van der Waals surface area (Å²) < 4.78 is 35.8. The number of rotatable bonds is 4. The Balaban J connectivity index is 0.00000180. The first-order valence-electron chi connectivity index (χ1n) is 6.48. The largest absolute Gasteiger partial charge is 0.389 e. The molecule has 2 aliphatic rings. The molecule has 4 unspecified atom stereocenters. The molecule has 0 aromatic rings. The lowest BCUT2D eigenvalue weighted by atomic mass is 9.84. The van der Waals surface area contributed by atoms with E-state index < -0.39 is 12.6 Å². The Kier molecular flexibility index (Phi) is 5.50. The highest BCUT2D eigenvalue weighted by atomic mass is 35.5. The van der Waals surface area contributed by atoms with Crippen molar-refractivity contribution < 1.29 is 18.0 Å². The number of carbonyl (C=O) groups excluding carboxylic acids is 1. The van der Waals surface area contributed by atoms with Gasteiger partial charge in [0.05, 0.1) is 5.92 Å². The van der Waals surface area contributed by atoms with E-state index in [0.29, 0.717) is 11.8 Å². The van der Waals surface area contributed by atoms with Crippen LogP contribution in [0.5, 0.6) is 0 Å². The molecule has 3 N–H and O–H groups in total. The number of nitrogens with one attached hydrogen (secondary N) is 1. The third-order valence-electron chi connectivity index (χ3n) is 4.22. The van der Waals surface area contributed by atoms with Crippen LogP contribution in [-0.4, -0.2) is 24.7 Å². The van der Waals surface area contributed by atoms with Gasteiger partial charge in [0.25, 0.3) is 0 Å². The van der Waals surface area contributed by atoms with Crippen LogP contribution in [0.4, 0.5) is 13.2 Å². The van der Waals surface area contributed by atoms with Crippen molar-refractivity contribution in [3.63, 3.8) is 0 Å². The van der Waals surface area contributed by atoms with Gasteiger partial charge in [-0.3, -0.25) is 4.79 Å². The van der Waals surface area contributed by atoms with Crippen LogP contribution in [0.25, 0.3) is 0 Å². The van der Waals surface area contributed by atoms with Crippen molar-refractivity contribution in [1.82, 2.24) is 5.32 Å². The van der Waals surface area contributed by atoms with Crippen LogP contribution in [0.2, 0.25) is 0 Å². The second-order valence-electron chi connectivity index (χ2n) is 5.45. The van der Waals surface area contributed by atoms with Crippen LogP contribution < -0.4 is 11.1 Å². The monoisotopic (exact) mass is 300 g/mol. The molecule has 1 amide bonds. The zero-order valence-corrected chi connectivity index (χ0v) is 11.4. The summed E-state index contributed by atoms with van der Waals surface area (Å²) in [6.07, 6.45) is -1.95. The van der Waals surface area contributed by atoms with Gasteiger partial charge in [-0.2, -0.15) is 13.2 Å². The van der Waals surface area contributed by atoms with Crippen molar-refractivity contribution >= 4 is 18.3 Å². The number of hydrogen-bond donors (Lipinski definition) is 2. The van der Waals surface area contributed by atoms with Crippen LogP contribution in [-0.2, 0) is 4.79 Å². The Morgan fingerprint density at radius 3 is 2.42 bits per heavy atom. The molecule has 2 saturated carbocycles. The molecule has 19 heavy (non-hydrogen) atoms. The molecule has 7 heteroatoms. The average Bonchev–Trinajstić information content (AvgIpc) is 2.83. The third-order valence-corrected chi connectivity index (χ3v) is 4.22. The molecule has 0 spiro atoms. The highest BCUT2D eigenvalue weighted by Crippen LogP contribution is 2.47. The fraction of sp³-hybridized carbons (Fsp3) is 0.917. The summed E-state index contributed by atoms with van der Waals surface area (Å²) in [5.74, 6) is 0.431. The molecular weight excluding hydrogens is 281 g/mol. The van der Waals surface area contributed by atoms with Crippen LogP contribution in [0, 0.1) is 17.8 Å². The van der Waals surface area contributed by atoms with E-state index in [1.807, 2.05) is 0 Å². The van der Waals surface area contributed by atoms with Crippen molar-refractivity contribution in [3.05, 3.63) is 0 Å². The maximum atomic E-state index is 11.9. The zero-order chi connectivity index (χ0) is 13.3. The Bertz CT molecular complexity index is 323. The van der Waals surface area contributed by atoms with E-state index in [4.69, 9.17) is 5.73 Å². The first kappa shape index (κ1) is 16.6. The van der Waals surface area contributed by atoms with Gasteiger partial charge in [0.2, 0.25) is 5.91 Å². The smallest absolute Gasteiger partial charge is 0.356 e. The Hall–Kier alpha value is -0.490. The Labute approximate surface area is 116 Å². The molecule has 0 saturated heterocycles. The van der Waals surface area contributed by atoms with E-state index >= 15 is 0 Å². The van der Waals surface area contributed by atoms with Gasteiger partial charge in [0.1, 0.15) is 0 Å². The molecule has 4 atom stereocenters. The number of halogens is 4. The van der Waals surface area contributed by atoms with Crippen LogP contribution >= 0.6 is 12.4 Å². The SMILES string of the molecule is Cl.NC1C2CCC(C2)C1C(=O)NCCCC(F)(F)F. The maximum absolute atomic E-state index is 11.9. The van der Waals surface area contributed by atoms with Gasteiger partial charge in [0, 0.05) is 19.0 Å². The van der Waals surface area contributed by atoms with Crippen molar-refractivity contribution in [3.8, 4) is 0 Å². The summed E-state index contributed by atoms with van der Waals surface area (Å²) in [6, 6.07) is -0.105. The fourth-order valence-electron chi connectivity index (χ4n) is 3.34. The highest BCUT2D eigenvalue weighted by Gasteiger charge is 2.48. The molecule has 2 aliphatic carbocycles. The van der Waals surface area contributed by atoms with Crippen LogP contribution in [0.15, 0.2) is 0 Å². The van der Waals surface area contributed by atoms with E-state index in [2.05, 4.69) is 5.32 Å². The fourth-order valence-corrected chi connectivity index (χ4v) is 3.34. The topological polar surface area (TPSA) is 55.1 Å².